The second-order valence-corrected chi connectivity index (χ2v) is 10.4. The number of thiazole rings is 3. The van der Waals surface area contributed by atoms with Crippen LogP contribution in [0.2, 0.25) is 0 Å². The fraction of sp³-hybridized carbons (Fsp3) is 0.350. The quantitative estimate of drug-likeness (QED) is 0.424. The molecule has 0 saturated carbocycles. The number of nitrogens with one attached hydrogen (secondary N) is 1. The minimum Gasteiger partial charge on any atom is -0.449 e. The summed E-state index contributed by atoms with van der Waals surface area (Å²) >= 11 is 3.89. The summed E-state index contributed by atoms with van der Waals surface area (Å²) in [6, 6.07) is 0.635. The smallest absolute Gasteiger partial charge is 0.408 e. The molecule has 3 rings (SSSR count). The summed E-state index contributed by atoms with van der Waals surface area (Å²) in [6.07, 6.45) is -0.743. The summed E-state index contributed by atoms with van der Waals surface area (Å²) in [5, 5.41) is 18.0. The molecule has 3 N–H and O–H groups in total. The summed E-state index contributed by atoms with van der Waals surface area (Å²) in [6.45, 7) is 4.66. The highest BCUT2D eigenvalue weighted by atomic mass is 32.1. The van der Waals surface area contributed by atoms with Crippen LogP contribution in [-0.4, -0.2) is 51.2 Å². The van der Waals surface area contributed by atoms with E-state index in [1.165, 1.54) is 34.0 Å². The molecule has 1 atom stereocenters. The van der Waals surface area contributed by atoms with Crippen LogP contribution in [0.1, 0.15) is 36.3 Å². The van der Waals surface area contributed by atoms with Crippen molar-refractivity contribution in [3.05, 3.63) is 26.8 Å². The highest BCUT2D eigenvalue weighted by Crippen LogP contribution is 2.31. The Bertz CT molecular complexity index is 1240. The van der Waals surface area contributed by atoms with E-state index in [9.17, 15) is 14.4 Å². The number of carbonyl (C=O) groups is 3. The van der Waals surface area contributed by atoms with E-state index in [0.717, 1.165) is 0 Å². The standard InChI is InChI=1S/C20H20N6O5S3/c1-20(2,3)31-19(29)26-10(18(28)30-5-4-21)6-14-23-12(8-32-14)16-25-13(9-34-16)17-24-11(7-33-17)15(22)27/h7-10H,5-6H2,1-3H3,(H2,22,27)(H,26,29)/t10-/m0/s1. The van der Waals surface area contributed by atoms with E-state index in [4.69, 9.17) is 20.5 Å². The van der Waals surface area contributed by atoms with E-state index in [-0.39, 0.29) is 12.1 Å². The van der Waals surface area contributed by atoms with Crippen molar-refractivity contribution in [3.63, 3.8) is 0 Å². The lowest BCUT2D eigenvalue weighted by Crippen LogP contribution is -2.45. The van der Waals surface area contributed by atoms with Crippen LogP contribution in [0.25, 0.3) is 21.4 Å². The molecule has 14 heteroatoms. The van der Waals surface area contributed by atoms with Crippen molar-refractivity contribution in [2.45, 2.75) is 38.8 Å². The van der Waals surface area contributed by atoms with Gasteiger partial charge in [-0.2, -0.15) is 5.26 Å². The van der Waals surface area contributed by atoms with Crippen LogP contribution < -0.4 is 11.1 Å². The normalized spacial score (nSPS) is 11.9. The molecule has 11 nitrogen and oxygen atoms in total. The number of esters is 1. The number of amides is 2. The molecule has 0 radical (unpaired) electrons. The Morgan fingerprint density at radius 3 is 2.38 bits per heavy atom. The second kappa shape index (κ2) is 10.7. The number of aromatic nitrogens is 3. The van der Waals surface area contributed by atoms with Gasteiger partial charge in [-0.15, -0.1) is 34.0 Å². The summed E-state index contributed by atoms with van der Waals surface area (Å²) in [7, 11) is 0. The van der Waals surface area contributed by atoms with Crippen molar-refractivity contribution in [2.75, 3.05) is 6.61 Å². The molecule has 178 valence electrons. The maximum atomic E-state index is 12.4. The Morgan fingerprint density at radius 2 is 1.74 bits per heavy atom. The van der Waals surface area contributed by atoms with Gasteiger partial charge in [0.05, 0.1) is 5.01 Å². The number of nitrogens with two attached hydrogens (primary N) is 1. The van der Waals surface area contributed by atoms with Gasteiger partial charge >= 0.3 is 12.1 Å². The molecule has 34 heavy (non-hydrogen) atoms. The minimum absolute atomic E-state index is 0.0425. The van der Waals surface area contributed by atoms with Crippen LogP contribution in [0, 0.1) is 11.3 Å². The third kappa shape index (κ3) is 6.80. The van der Waals surface area contributed by atoms with E-state index >= 15 is 0 Å². The lowest BCUT2D eigenvalue weighted by molar-refractivity contribution is -0.144. The Hall–Kier alpha value is -3.41. The summed E-state index contributed by atoms with van der Waals surface area (Å²) in [4.78, 5) is 49.0. The zero-order valence-electron chi connectivity index (χ0n) is 18.4. The molecular weight excluding hydrogens is 500 g/mol. The molecule has 3 aromatic heterocycles. The van der Waals surface area contributed by atoms with Gasteiger partial charge in [-0.1, -0.05) is 0 Å². The molecule has 3 aromatic rings. The molecule has 0 fully saturated rings. The Labute approximate surface area is 206 Å². The number of nitrogens with zero attached hydrogens (tertiary/aromatic N) is 4. The highest BCUT2D eigenvalue weighted by molar-refractivity contribution is 7.16. The zero-order chi connectivity index (χ0) is 24.9. The number of ether oxygens (including phenoxy) is 2. The second-order valence-electron chi connectivity index (χ2n) is 7.74. The fourth-order valence-corrected chi connectivity index (χ4v) is 5.03. The summed E-state index contributed by atoms with van der Waals surface area (Å²) in [5.74, 6) is -1.38. The molecular formula is C20H20N6O5S3. The van der Waals surface area contributed by atoms with E-state index in [1.54, 1.807) is 43.0 Å². The first-order valence-corrected chi connectivity index (χ1v) is 12.4. The molecule has 0 aliphatic carbocycles. The van der Waals surface area contributed by atoms with Crippen molar-refractivity contribution < 1.29 is 23.9 Å². The average molecular weight is 521 g/mol. The van der Waals surface area contributed by atoms with E-state index in [2.05, 4.69) is 20.3 Å². The number of primary amides is 1. The first-order valence-electron chi connectivity index (χ1n) is 9.75. The molecule has 3 heterocycles. The number of nitriles is 1. The number of alkyl carbamates (subject to hydrolysis) is 1. The Balaban J connectivity index is 1.74. The largest absolute Gasteiger partial charge is 0.449 e. The number of rotatable bonds is 8. The molecule has 2 amide bonds. The van der Waals surface area contributed by atoms with E-state index in [1.807, 2.05) is 0 Å². The van der Waals surface area contributed by atoms with Gasteiger partial charge in [0.25, 0.3) is 5.91 Å². The van der Waals surface area contributed by atoms with E-state index in [0.29, 0.717) is 26.4 Å². The van der Waals surface area contributed by atoms with Crippen LogP contribution >= 0.6 is 34.0 Å². The molecule has 0 unspecified atom stereocenters. The van der Waals surface area contributed by atoms with Crippen LogP contribution in [0.3, 0.4) is 0 Å². The van der Waals surface area contributed by atoms with Crippen LogP contribution in [0.15, 0.2) is 16.1 Å². The van der Waals surface area contributed by atoms with Gasteiger partial charge in [0.15, 0.2) is 6.61 Å². The van der Waals surface area contributed by atoms with Crippen molar-refractivity contribution in [1.29, 1.82) is 5.26 Å². The van der Waals surface area contributed by atoms with E-state index < -0.39 is 36.2 Å². The van der Waals surface area contributed by atoms with Crippen molar-refractivity contribution in [1.82, 2.24) is 20.3 Å². The van der Waals surface area contributed by atoms with Gasteiger partial charge in [-0.05, 0) is 20.8 Å². The molecule has 0 aliphatic heterocycles. The number of hydrogen-bond acceptors (Lipinski definition) is 12. The van der Waals surface area contributed by atoms with Gasteiger partial charge in [0, 0.05) is 22.6 Å². The van der Waals surface area contributed by atoms with Crippen molar-refractivity contribution in [2.24, 2.45) is 5.73 Å². The third-order valence-corrected chi connectivity index (χ3v) is 6.48. The lowest BCUT2D eigenvalue weighted by Gasteiger charge is -2.22. The average Bonchev–Trinajstić information content (AvgIpc) is 3.49. The van der Waals surface area contributed by atoms with Gasteiger partial charge in [-0.3, -0.25) is 4.79 Å². The first-order chi connectivity index (χ1) is 16.1. The van der Waals surface area contributed by atoms with Gasteiger partial charge in [-0.25, -0.2) is 24.5 Å². The topological polar surface area (TPSA) is 170 Å². The summed E-state index contributed by atoms with van der Waals surface area (Å²) < 4.78 is 10.1. The molecule has 0 spiro atoms. The third-order valence-electron chi connectivity index (χ3n) is 3.88. The van der Waals surface area contributed by atoms with Crippen LogP contribution in [0.5, 0.6) is 0 Å². The summed E-state index contributed by atoms with van der Waals surface area (Å²) in [5.41, 5.74) is 5.86. The van der Waals surface area contributed by atoms with Crippen molar-refractivity contribution in [3.8, 4) is 27.5 Å². The zero-order valence-corrected chi connectivity index (χ0v) is 20.8. The predicted molar refractivity (Wildman–Crippen MR) is 126 cm³/mol. The Kier molecular flexibility index (Phi) is 7.92. The molecule has 0 aliphatic rings. The maximum absolute atomic E-state index is 12.4. The minimum atomic E-state index is -1.09. The Morgan fingerprint density at radius 1 is 1.09 bits per heavy atom. The monoisotopic (exact) mass is 520 g/mol. The van der Waals surface area contributed by atoms with Crippen LogP contribution in [-0.2, 0) is 20.7 Å². The molecule has 0 aromatic carbocycles. The number of hydrogen-bond donors (Lipinski definition) is 2. The van der Waals surface area contributed by atoms with Gasteiger partial charge in [0.1, 0.15) is 44.8 Å². The SMILES string of the molecule is CC(C)(C)OC(=O)N[C@@H](Cc1nc(-c2nc(-c3nc(C(N)=O)cs3)cs2)cs1)C(=O)OCC#N. The molecule has 0 bridgehead atoms. The van der Waals surface area contributed by atoms with Crippen LogP contribution in [0.4, 0.5) is 4.79 Å². The fourth-order valence-electron chi connectivity index (χ4n) is 2.52. The van der Waals surface area contributed by atoms with Crippen molar-refractivity contribution >= 4 is 52.0 Å². The molecule has 0 saturated heterocycles. The van der Waals surface area contributed by atoms with Gasteiger partial charge in [0.2, 0.25) is 0 Å². The number of carbonyl (C=O) groups excluding carboxylic acids is 3. The first kappa shape index (κ1) is 25.2. The highest BCUT2D eigenvalue weighted by Gasteiger charge is 2.27. The predicted octanol–water partition coefficient (Wildman–Crippen LogP) is 2.99. The maximum Gasteiger partial charge on any atom is 0.408 e. The van der Waals surface area contributed by atoms with Gasteiger partial charge < -0.3 is 20.5 Å². The lowest BCUT2D eigenvalue weighted by atomic mass is 10.2.